The maximum atomic E-state index is 3.65. The van der Waals surface area contributed by atoms with Crippen molar-refractivity contribution >= 4 is 0 Å². The van der Waals surface area contributed by atoms with Gasteiger partial charge in [-0.05, 0) is 52.0 Å². The summed E-state index contributed by atoms with van der Waals surface area (Å²) in [6.07, 6.45) is 19.9. The second kappa shape index (κ2) is 10.8. The first-order valence-electron chi connectivity index (χ1n) is 7.78. The van der Waals surface area contributed by atoms with Crippen LogP contribution in [-0.2, 0) is 0 Å². The monoisotopic (exact) mass is 237 g/mol. The summed E-state index contributed by atoms with van der Waals surface area (Å²) < 4.78 is 0. The molecule has 1 aliphatic rings. The van der Waals surface area contributed by atoms with E-state index in [0.717, 1.165) is 6.04 Å². The molecule has 0 aromatic rings. The molecular weight excluding hydrogens is 206 g/mol. The second-order valence-corrected chi connectivity index (χ2v) is 5.52. The fourth-order valence-corrected chi connectivity index (χ4v) is 2.49. The van der Waals surface area contributed by atoms with E-state index in [1.165, 1.54) is 77.2 Å². The molecule has 0 aromatic heterocycles. The summed E-state index contributed by atoms with van der Waals surface area (Å²) >= 11 is 0. The van der Waals surface area contributed by atoms with Gasteiger partial charge in [-0.1, -0.05) is 44.3 Å². The van der Waals surface area contributed by atoms with Crippen molar-refractivity contribution in [3.63, 3.8) is 0 Å². The molecule has 1 aliphatic heterocycles. The summed E-state index contributed by atoms with van der Waals surface area (Å²) in [6, 6.07) is 0.725. The number of allylic oxidation sites excluding steroid dienone is 2. The molecule has 1 rings (SSSR count). The Morgan fingerprint density at radius 1 is 0.765 bits per heavy atom. The van der Waals surface area contributed by atoms with Crippen molar-refractivity contribution in [2.24, 2.45) is 0 Å². The van der Waals surface area contributed by atoms with Crippen LogP contribution in [-0.4, -0.2) is 12.6 Å². The predicted molar refractivity (Wildman–Crippen MR) is 77.4 cm³/mol. The van der Waals surface area contributed by atoms with Crippen LogP contribution in [0.5, 0.6) is 0 Å². The molecule has 1 nitrogen and oxygen atoms in total. The topological polar surface area (TPSA) is 12.0 Å². The Labute approximate surface area is 108 Å². The van der Waals surface area contributed by atoms with E-state index in [4.69, 9.17) is 0 Å². The van der Waals surface area contributed by atoms with Gasteiger partial charge in [0.05, 0.1) is 0 Å². The van der Waals surface area contributed by atoms with Gasteiger partial charge in [-0.25, -0.2) is 0 Å². The lowest BCUT2D eigenvalue weighted by atomic mass is 10.1. The molecule has 1 heteroatoms. The zero-order chi connectivity index (χ0) is 12.2. The van der Waals surface area contributed by atoms with Crippen LogP contribution in [0, 0.1) is 0 Å². The van der Waals surface area contributed by atoms with Gasteiger partial charge in [0.15, 0.2) is 0 Å². The van der Waals surface area contributed by atoms with Gasteiger partial charge in [0, 0.05) is 6.04 Å². The highest BCUT2D eigenvalue weighted by molar-refractivity contribution is 4.81. The van der Waals surface area contributed by atoms with Crippen LogP contribution < -0.4 is 5.32 Å². The standard InChI is InChI=1S/C16H31N/c1-16-14-12-10-8-6-4-2-3-5-7-9-11-13-15-17-16/h2-3,16-17H,4-15H2,1H3. The molecule has 1 N–H and O–H groups in total. The van der Waals surface area contributed by atoms with E-state index < -0.39 is 0 Å². The van der Waals surface area contributed by atoms with Crippen LogP contribution in [0.3, 0.4) is 0 Å². The normalized spacial score (nSPS) is 26.8. The molecule has 100 valence electrons. The minimum atomic E-state index is 0.725. The van der Waals surface area contributed by atoms with Gasteiger partial charge in [0.2, 0.25) is 0 Å². The molecule has 17 heavy (non-hydrogen) atoms. The highest BCUT2D eigenvalue weighted by atomic mass is 14.9. The Morgan fingerprint density at radius 2 is 1.35 bits per heavy atom. The molecule has 0 aliphatic carbocycles. The summed E-state index contributed by atoms with van der Waals surface area (Å²) in [7, 11) is 0. The Bertz CT molecular complexity index is 186. The molecule has 1 atom stereocenters. The van der Waals surface area contributed by atoms with Crippen LogP contribution in [0.1, 0.15) is 77.6 Å². The quantitative estimate of drug-likeness (QED) is 0.595. The summed E-state index contributed by atoms with van der Waals surface area (Å²) in [6.45, 7) is 3.56. The Balaban J connectivity index is 2.16. The lowest BCUT2D eigenvalue weighted by Crippen LogP contribution is -2.26. The molecule has 0 amide bonds. The van der Waals surface area contributed by atoms with Gasteiger partial charge < -0.3 is 5.32 Å². The van der Waals surface area contributed by atoms with Gasteiger partial charge in [-0.2, -0.15) is 0 Å². The van der Waals surface area contributed by atoms with Crippen LogP contribution in [0.15, 0.2) is 12.2 Å². The van der Waals surface area contributed by atoms with E-state index in [-0.39, 0.29) is 0 Å². The fourth-order valence-electron chi connectivity index (χ4n) is 2.49. The molecule has 0 radical (unpaired) electrons. The Kier molecular flexibility index (Phi) is 9.40. The lowest BCUT2D eigenvalue weighted by molar-refractivity contribution is 0.468. The Morgan fingerprint density at radius 3 is 2.06 bits per heavy atom. The Hall–Kier alpha value is -0.300. The minimum absolute atomic E-state index is 0.725. The first kappa shape index (κ1) is 14.8. The number of nitrogens with one attached hydrogen (secondary N) is 1. The summed E-state index contributed by atoms with van der Waals surface area (Å²) in [5, 5.41) is 3.65. The number of hydrogen-bond acceptors (Lipinski definition) is 1. The van der Waals surface area contributed by atoms with Crippen molar-refractivity contribution in [3.8, 4) is 0 Å². The largest absolute Gasteiger partial charge is 0.314 e. The minimum Gasteiger partial charge on any atom is -0.314 e. The van der Waals surface area contributed by atoms with E-state index in [9.17, 15) is 0 Å². The maximum Gasteiger partial charge on any atom is 0.00387 e. The smallest absolute Gasteiger partial charge is 0.00387 e. The van der Waals surface area contributed by atoms with E-state index in [1.807, 2.05) is 0 Å². The zero-order valence-corrected chi connectivity index (χ0v) is 11.7. The third kappa shape index (κ3) is 9.41. The molecular formula is C16H31N. The SMILES string of the molecule is CC1CCCCCCC=CCCCCCCN1. The van der Waals surface area contributed by atoms with Gasteiger partial charge in [-0.3, -0.25) is 0 Å². The molecule has 1 heterocycles. The molecule has 0 bridgehead atoms. The maximum absolute atomic E-state index is 3.65. The lowest BCUT2D eigenvalue weighted by Gasteiger charge is -2.13. The zero-order valence-electron chi connectivity index (χ0n) is 11.7. The molecule has 0 saturated carbocycles. The first-order chi connectivity index (χ1) is 8.39. The van der Waals surface area contributed by atoms with Crippen molar-refractivity contribution in [2.75, 3.05) is 6.54 Å². The third-order valence-corrected chi connectivity index (χ3v) is 3.71. The van der Waals surface area contributed by atoms with Crippen LogP contribution >= 0.6 is 0 Å². The molecule has 0 fully saturated rings. The third-order valence-electron chi connectivity index (χ3n) is 3.71. The van der Waals surface area contributed by atoms with Crippen molar-refractivity contribution in [1.82, 2.24) is 5.32 Å². The highest BCUT2D eigenvalue weighted by Gasteiger charge is 2.00. The van der Waals surface area contributed by atoms with E-state index in [1.54, 1.807) is 0 Å². The van der Waals surface area contributed by atoms with Crippen molar-refractivity contribution in [1.29, 1.82) is 0 Å². The first-order valence-corrected chi connectivity index (χ1v) is 7.78. The number of rotatable bonds is 0. The summed E-state index contributed by atoms with van der Waals surface area (Å²) in [4.78, 5) is 0. The van der Waals surface area contributed by atoms with E-state index >= 15 is 0 Å². The number of hydrogen-bond donors (Lipinski definition) is 1. The van der Waals surface area contributed by atoms with Crippen molar-refractivity contribution in [3.05, 3.63) is 12.2 Å². The van der Waals surface area contributed by atoms with Gasteiger partial charge >= 0.3 is 0 Å². The fraction of sp³-hybridized carbons (Fsp3) is 0.875. The van der Waals surface area contributed by atoms with Crippen molar-refractivity contribution in [2.45, 2.75) is 83.6 Å². The van der Waals surface area contributed by atoms with Gasteiger partial charge in [0.25, 0.3) is 0 Å². The summed E-state index contributed by atoms with van der Waals surface area (Å²) in [5.41, 5.74) is 0. The summed E-state index contributed by atoms with van der Waals surface area (Å²) in [5.74, 6) is 0. The van der Waals surface area contributed by atoms with Crippen molar-refractivity contribution < 1.29 is 0 Å². The van der Waals surface area contributed by atoms with E-state index in [2.05, 4.69) is 24.4 Å². The van der Waals surface area contributed by atoms with Crippen LogP contribution in [0.25, 0.3) is 0 Å². The van der Waals surface area contributed by atoms with Crippen LogP contribution in [0.2, 0.25) is 0 Å². The van der Waals surface area contributed by atoms with Gasteiger partial charge in [-0.15, -0.1) is 0 Å². The average molecular weight is 237 g/mol. The molecule has 1 unspecified atom stereocenters. The van der Waals surface area contributed by atoms with Crippen LogP contribution in [0.4, 0.5) is 0 Å². The molecule has 0 aromatic carbocycles. The highest BCUT2D eigenvalue weighted by Crippen LogP contribution is 2.10. The molecule has 0 saturated heterocycles. The molecule has 0 spiro atoms. The van der Waals surface area contributed by atoms with Gasteiger partial charge in [0.1, 0.15) is 0 Å². The predicted octanol–water partition coefficient (Wildman–Crippen LogP) is 4.83. The second-order valence-electron chi connectivity index (χ2n) is 5.52. The average Bonchev–Trinajstić information content (AvgIpc) is 2.32. The van der Waals surface area contributed by atoms with E-state index in [0.29, 0.717) is 0 Å².